The Morgan fingerprint density at radius 1 is 1.35 bits per heavy atom. The van der Waals surface area contributed by atoms with Gasteiger partial charge in [0.05, 0.1) is 12.7 Å². The topological polar surface area (TPSA) is 81.4 Å². The van der Waals surface area contributed by atoms with Gasteiger partial charge in [-0.25, -0.2) is 4.79 Å². The molecular formula is C16H18N2O4S. The maximum Gasteiger partial charge on any atom is 0.337 e. The molecule has 6 nitrogen and oxygen atoms in total. The highest BCUT2D eigenvalue weighted by molar-refractivity contribution is 7.98. The third kappa shape index (κ3) is 5.45. The van der Waals surface area contributed by atoms with Crippen molar-refractivity contribution < 1.29 is 18.8 Å². The first-order chi connectivity index (χ1) is 11.1. The van der Waals surface area contributed by atoms with Crippen LogP contribution in [0.2, 0.25) is 0 Å². The Kier molecular flexibility index (Phi) is 6.22. The molecule has 0 fully saturated rings. The number of anilines is 1. The van der Waals surface area contributed by atoms with E-state index in [4.69, 9.17) is 9.26 Å². The Bertz CT molecular complexity index is 684. The van der Waals surface area contributed by atoms with Gasteiger partial charge >= 0.3 is 5.97 Å². The largest absolute Gasteiger partial charge is 0.465 e. The average molecular weight is 334 g/mol. The Hall–Kier alpha value is -2.28. The summed E-state index contributed by atoms with van der Waals surface area (Å²) in [5, 5.41) is 6.38. The standard InChI is InChI=1S/C16H18N2O4S/c1-11-8-14(18-22-11)17-15(19)6-7-23-10-12-4-3-5-13(9-12)16(20)21-2/h3-5,8-9H,6-7,10H2,1-2H3,(H,17,18,19). The molecule has 0 aliphatic heterocycles. The molecule has 122 valence electrons. The van der Waals surface area contributed by atoms with Crippen molar-refractivity contribution in [3.8, 4) is 0 Å². The van der Waals surface area contributed by atoms with E-state index in [1.165, 1.54) is 7.11 Å². The predicted molar refractivity (Wildman–Crippen MR) is 88.4 cm³/mol. The Labute approximate surface area is 138 Å². The van der Waals surface area contributed by atoms with Crippen molar-refractivity contribution in [2.45, 2.75) is 19.1 Å². The molecule has 1 N–H and O–H groups in total. The van der Waals surface area contributed by atoms with E-state index in [1.807, 2.05) is 12.1 Å². The van der Waals surface area contributed by atoms with Gasteiger partial charge in [-0.3, -0.25) is 4.79 Å². The number of rotatable bonds is 7. The number of hydrogen-bond donors (Lipinski definition) is 1. The average Bonchev–Trinajstić information content (AvgIpc) is 2.96. The molecule has 0 bridgehead atoms. The van der Waals surface area contributed by atoms with Crippen LogP contribution in [-0.4, -0.2) is 29.9 Å². The monoisotopic (exact) mass is 334 g/mol. The summed E-state index contributed by atoms with van der Waals surface area (Å²) in [6.07, 6.45) is 0.382. The van der Waals surface area contributed by atoms with E-state index in [1.54, 1.807) is 36.9 Å². The van der Waals surface area contributed by atoms with Crippen LogP contribution in [0.4, 0.5) is 5.82 Å². The summed E-state index contributed by atoms with van der Waals surface area (Å²) in [5.74, 6) is 2.03. The fourth-order valence-electron chi connectivity index (χ4n) is 1.89. The first kappa shape index (κ1) is 17.1. The number of methoxy groups -OCH3 is 1. The summed E-state index contributed by atoms with van der Waals surface area (Å²) in [6.45, 7) is 1.76. The van der Waals surface area contributed by atoms with Crippen LogP contribution in [-0.2, 0) is 15.3 Å². The number of nitrogens with one attached hydrogen (secondary N) is 1. The molecule has 2 aromatic rings. The second kappa shape index (κ2) is 8.38. The Balaban J connectivity index is 1.72. The number of carbonyl (C=O) groups excluding carboxylic acids is 2. The van der Waals surface area contributed by atoms with Crippen LogP contribution in [0.5, 0.6) is 0 Å². The van der Waals surface area contributed by atoms with Crippen LogP contribution in [0.15, 0.2) is 34.9 Å². The number of benzene rings is 1. The molecule has 2 rings (SSSR count). The summed E-state index contributed by atoms with van der Waals surface area (Å²) < 4.78 is 9.58. The molecule has 0 aliphatic rings. The smallest absolute Gasteiger partial charge is 0.337 e. The lowest BCUT2D eigenvalue weighted by atomic mass is 10.1. The SMILES string of the molecule is COC(=O)c1cccc(CSCCC(=O)Nc2cc(C)on2)c1. The Morgan fingerprint density at radius 2 is 2.17 bits per heavy atom. The molecule has 1 heterocycles. The van der Waals surface area contributed by atoms with Gasteiger partial charge in [0.1, 0.15) is 5.76 Å². The highest BCUT2D eigenvalue weighted by Gasteiger charge is 2.07. The number of ether oxygens (including phenoxy) is 1. The predicted octanol–water partition coefficient (Wildman–Crippen LogP) is 3.03. The lowest BCUT2D eigenvalue weighted by molar-refractivity contribution is -0.115. The normalized spacial score (nSPS) is 10.3. The van der Waals surface area contributed by atoms with E-state index in [9.17, 15) is 9.59 Å². The first-order valence-electron chi connectivity index (χ1n) is 7.06. The fraction of sp³-hybridized carbons (Fsp3) is 0.312. The van der Waals surface area contributed by atoms with Gasteiger partial charge < -0.3 is 14.6 Å². The molecule has 1 aromatic carbocycles. The minimum atomic E-state index is -0.348. The number of hydrogen-bond acceptors (Lipinski definition) is 6. The van der Waals surface area contributed by atoms with E-state index in [0.29, 0.717) is 29.3 Å². The maximum absolute atomic E-state index is 11.7. The van der Waals surface area contributed by atoms with Gasteiger partial charge in [-0.1, -0.05) is 17.3 Å². The Morgan fingerprint density at radius 3 is 2.87 bits per heavy atom. The number of aromatic nitrogens is 1. The van der Waals surface area contributed by atoms with Crippen LogP contribution in [0, 0.1) is 6.92 Å². The van der Waals surface area contributed by atoms with Crippen LogP contribution in [0.25, 0.3) is 0 Å². The molecule has 0 atom stereocenters. The van der Waals surface area contributed by atoms with Crippen molar-refractivity contribution in [1.82, 2.24) is 5.16 Å². The zero-order chi connectivity index (χ0) is 16.7. The molecule has 1 amide bonds. The molecule has 0 saturated heterocycles. The molecule has 0 aliphatic carbocycles. The summed E-state index contributed by atoms with van der Waals surface area (Å²) in [6, 6.07) is 8.95. The second-order valence-electron chi connectivity index (χ2n) is 4.87. The minimum absolute atomic E-state index is 0.103. The third-order valence-electron chi connectivity index (χ3n) is 2.99. The van der Waals surface area contributed by atoms with Crippen molar-refractivity contribution in [2.75, 3.05) is 18.2 Å². The maximum atomic E-state index is 11.7. The number of aryl methyl sites for hydroxylation is 1. The highest BCUT2D eigenvalue weighted by Crippen LogP contribution is 2.16. The number of amides is 1. The number of thioether (sulfide) groups is 1. The molecule has 7 heteroatoms. The summed E-state index contributed by atoms with van der Waals surface area (Å²) in [5.41, 5.74) is 1.55. The van der Waals surface area contributed by atoms with Crippen molar-refractivity contribution in [1.29, 1.82) is 0 Å². The summed E-state index contributed by atoms with van der Waals surface area (Å²) in [4.78, 5) is 23.2. The summed E-state index contributed by atoms with van der Waals surface area (Å²) >= 11 is 1.62. The van der Waals surface area contributed by atoms with Gasteiger partial charge in [-0.05, 0) is 24.6 Å². The van der Waals surface area contributed by atoms with Crippen LogP contribution in [0.3, 0.4) is 0 Å². The molecule has 0 spiro atoms. The lowest BCUT2D eigenvalue weighted by Crippen LogP contribution is -2.12. The van der Waals surface area contributed by atoms with Gasteiger partial charge in [0.15, 0.2) is 5.82 Å². The van der Waals surface area contributed by atoms with E-state index in [0.717, 1.165) is 11.3 Å². The summed E-state index contributed by atoms with van der Waals surface area (Å²) in [7, 11) is 1.36. The van der Waals surface area contributed by atoms with Gasteiger partial charge in [0, 0.05) is 24.0 Å². The molecule has 23 heavy (non-hydrogen) atoms. The number of nitrogens with zero attached hydrogens (tertiary/aromatic N) is 1. The van der Waals surface area contributed by atoms with Gasteiger partial charge in [-0.15, -0.1) is 0 Å². The van der Waals surface area contributed by atoms with Crippen molar-refractivity contribution in [3.63, 3.8) is 0 Å². The zero-order valence-corrected chi connectivity index (χ0v) is 13.8. The highest BCUT2D eigenvalue weighted by atomic mass is 32.2. The van der Waals surface area contributed by atoms with Crippen LogP contribution in [0.1, 0.15) is 28.1 Å². The van der Waals surface area contributed by atoms with Gasteiger partial charge in [0.25, 0.3) is 0 Å². The lowest BCUT2D eigenvalue weighted by Gasteiger charge is -2.04. The third-order valence-corrected chi connectivity index (χ3v) is 4.02. The van der Waals surface area contributed by atoms with Crippen LogP contribution >= 0.6 is 11.8 Å². The molecule has 0 radical (unpaired) electrons. The molecule has 0 unspecified atom stereocenters. The van der Waals surface area contributed by atoms with Gasteiger partial charge in [-0.2, -0.15) is 11.8 Å². The van der Waals surface area contributed by atoms with Crippen LogP contribution < -0.4 is 5.32 Å². The van der Waals surface area contributed by atoms with Gasteiger partial charge in [0.2, 0.25) is 5.91 Å². The minimum Gasteiger partial charge on any atom is -0.465 e. The van der Waals surface area contributed by atoms with E-state index < -0.39 is 0 Å². The molecule has 0 saturated carbocycles. The number of carbonyl (C=O) groups is 2. The second-order valence-corrected chi connectivity index (χ2v) is 5.97. The van der Waals surface area contributed by atoms with E-state index in [2.05, 4.69) is 10.5 Å². The fourth-order valence-corrected chi connectivity index (χ4v) is 2.78. The van der Waals surface area contributed by atoms with E-state index >= 15 is 0 Å². The van der Waals surface area contributed by atoms with Crippen molar-refractivity contribution >= 4 is 29.5 Å². The van der Waals surface area contributed by atoms with Crippen molar-refractivity contribution in [3.05, 3.63) is 47.2 Å². The van der Waals surface area contributed by atoms with Crippen molar-refractivity contribution in [2.24, 2.45) is 0 Å². The number of esters is 1. The zero-order valence-electron chi connectivity index (χ0n) is 13.0. The first-order valence-corrected chi connectivity index (χ1v) is 8.22. The quantitative estimate of drug-likeness (QED) is 0.619. The molecular weight excluding hydrogens is 316 g/mol. The van der Waals surface area contributed by atoms with E-state index in [-0.39, 0.29) is 11.9 Å². The molecule has 1 aromatic heterocycles.